The number of nitrogens with one attached hydrogen (secondary N) is 1. The molecule has 3 rings (SSSR count). The number of anilines is 1. The van der Waals surface area contributed by atoms with Gasteiger partial charge in [0, 0.05) is 6.08 Å². The molecule has 4 nitrogen and oxygen atoms in total. The second kappa shape index (κ2) is 7.75. The van der Waals surface area contributed by atoms with E-state index in [1.165, 1.54) is 6.08 Å². The Balaban J connectivity index is 1.69. The predicted octanol–water partition coefficient (Wildman–Crippen LogP) is 4.74. The summed E-state index contributed by atoms with van der Waals surface area (Å²) >= 11 is 1.56. The summed E-state index contributed by atoms with van der Waals surface area (Å²) < 4.78 is 6.75. The molecule has 1 N–H and O–H groups in total. The van der Waals surface area contributed by atoms with E-state index in [4.69, 9.17) is 4.74 Å². The molecule has 0 bridgehead atoms. The van der Waals surface area contributed by atoms with Crippen molar-refractivity contribution in [2.45, 2.75) is 13.3 Å². The first-order valence-corrected chi connectivity index (χ1v) is 8.64. The minimum absolute atomic E-state index is 0.207. The summed E-state index contributed by atoms with van der Waals surface area (Å²) in [5.74, 6) is 0.475. The fourth-order valence-corrected chi connectivity index (χ4v) is 3.06. The fourth-order valence-electron chi connectivity index (χ4n) is 2.19. The molecule has 0 saturated carbocycles. The molecule has 2 aromatic carbocycles. The van der Waals surface area contributed by atoms with Crippen molar-refractivity contribution >= 4 is 39.2 Å². The molecule has 5 heteroatoms. The minimum Gasteiger partial charge on any atom is -0.491 e. The second-order valence-electron chi connectivity index (χ2n) is 5.19. The average Bonchev–Trinajstić information content (AvgIpc) is 3.02. The fraction of sp³-hybridized carbons (Fsp3) is 0.158. The highest BCUT2D eigenvalue weighted by Crippen LogP contribution is 2.25. The molecule has 0 unspecified atom stereocenters. The molecule has 0 atom stereocenters. The van der Waals surface area contributed by atoms with Crippen LogP contribution < -0.4 is 10.1 Å². The normalized spacial score (nSPS) is 11.0. The summed E-state index contributed by atoms with van der Waals surface area (Å²) in [6.07, 6.45) is 4.14. The average molecular weight is 338 g/mol. The number of ether oxygens (including phenoxy) is 1. The van der Waals surface area contributed by atoms with Crippen LogP contribution >= 0.6 is 11.3 Å². The van der Waals surface area contributed by atoms with Crippen LogP contribution in [-0.4, -0.2) is 17.5 Å². The smallest absolute Gasteiger partial charge is 0.248 e. The number of carbonyl (C=O) groups is 1. The monoisotopic (exact) mass is 338 g/mol. The van der Waals surface area contributed by atoms with Crippen molar-refractivity contribution in [1.29, 1.82) is 0 Å². The molecular weight excluding hydrogens is 320 g/mol. The van der Waals surface area contributed by atoms with Gasteiger partial charge in [-0.3, -0.25) is 4.79 Å². The number of fused-ring (bicyclic) bond motifs is 1. The third-order valence-electron chi connectivity index (χ3n) is 3.29. The van der Waals surface area contributed by atoms with Gasteiger partial charge >= 0.3 is 0 Å². The van der Waals surface area contributed by atoms with E-state index in [0.29, 0.717) is 18.0 Å². The maximum Gasteiger partial charge on any atom is 0.248 e. The van der Waals surface area contributed by atoms with Crippen LogP contribution in [0.15, 0.2) is 54.6 Å². The number of carbonyl (C=O) groups excluding carboxylic acids is 1. The zero-order chi connectivity index (χ0) is 16.8. The Morgan fingerprint density at radius 1 is 1.21 bits per heavy atom. The van der Waals surface area contributed by atoms with Crippen LogP contribution in [0.5, 0.6) is 5.75 Å². The van der Waals surface area contributed by atoms with Crippen LogP contribution in [0.4, 0.5) is 5.69 Å². The summed E-state index contributed by atoms with van der Waals surface area (Å²) in [7, 11) is 0. The largest absolute Gasteiger partial charge is 0.491 e. The second-order valence-corrected chi connectivity index (χ2v) is 6.25. The van der Waals surface area contributed by atoms with Crippen molar-refractivity contribution in [2.75, 3.05) is 11.9 Å². The van der Waals surface area contributed by atoms with Crippen LogP contribution in [0.1, 0.15) is 18.4 Å². The van der Waals surface area contributed by atoms with Gasteiger partial charge < -0.3 is 10.1 Å². The summed E-state index contributed by atoms with van der Waals surface area (Å²) in [5, 5.41) is 3.66. The maximum atomic E-state index is 12.2. The Kier molecular flexibility index (Phi) is 5.23. The molecule has 0 aliphatic carbocycles. The Bertz CT molecular complexity index is 837. The molecule has 122 valence electrons. The van der Waals surface area contributed by atoms with E-state index in [1.54, 1.807) is 17.4 Å². The number of rotatable bonds is 6. The van der Waals surface area contributed by atoms with Crippen LogP contribution in [0.2, 0.25) is 0 Å². The van der Waals surface area contributed by atoms with Crippen molar-refractivity contribution < 1.29 is 9.53 Å². The van der Waals surface area contributed by atoms with E-state index < -0.39 is 0 Å². The number of amides is 1. The van der Waals surface area contributed by atoms with E-state index in [9.17, 15) is 4.79 Å². The molecule has 24 heavy (non-hydrogen) atoms. The SMILES string of the molecule is CCCOc1ccccc1NC(=O)C=Cc1nc2ccccc2s1. The van der Waals surface area contributed by atoms with Crippen molar-refractivity contribution in [1.82, 2.24) is 4.98 Å². The Labute approximate surface area is 144 Å². The van der Waals surface area contributed by atoms with Crippen LogP contribution in [0, 0.1) is 0 Å². The molecule has 1 heterocycles. The molecule has 0 saturated heterocycles. The van der Waals surface area contributed by atoms with Crippen LogP contribution in [0.3, 0.4) is 0 Å². The summed E-state index contributed by atoms with van der Waals surface area (Å²) in [6, 6.07) is 15.3. The minimum atomic E-state index is -0.207. The highest BCUT2D eigenvalue weighted by molar-refractivity contribution is 7.19. The molecule has 0 fully saturated rings. The number of hydrogen-bond donors (Lipinski definition) is 1. The quantitative estimate of drug-likeness (QED) is 0.661. The highest BCUT2D eigenvalue weighted by atomic mass is 32.1. The van der Waals surface area contributed by atoms with Gasteiger partial charge in [-0.1, -0.05) is 31.2 Å². The third kappa shape index (κ3) is 4.00. The van der Waals surface area contributed by atoms with Crippen LogP contribution in [-0.2, 0) is 4.79 Å². The zero-order valence-corrected chi connectivity index (χ0v) is 14.2. The Morgan fingerprint density at radius 2 is 2.00 bits per heavy atom. The van der Waals surface area contributed by atoms with Gasteiger partial charge in [0.25, 0.3) is 0 Å². The third-order valence-corrected chi connectivity index (χ3v) is 4.30. The molecule has 1 amide bonds. The van der Waals surface area contributed by atoms with E-state index in [1.807, 2.05) is 55.5 Å². The predicted molar refractivity (Wildman–Crippen MR) is 99.5 cm³/mol. The van der Waals surface area contributed by atoms with Crippen molar-refractivity contribution in [3.63, 3.8) is 0 Å². The number of hydrogen-bond acceptors (Lipinski definition) is 4. The lowest BCUT2D eigenvalue weighted by molar-refractivity contribution is -0.111. The topological polar surface area (TPSA) is 51.2 Å². The van der Waals surface area contributed by atoms with Crippen molar-refractivity contribution in [3.05, 3.63) is 59.6 Å². The first kappa shape index (κ1) is 16.2. The molecule has 0 aliphatic rings. The number of thiazole rings is 1. The first-order chi connectivity index (χ1) is 11.8. The number of benzene rings is 2. The molecule has 1 aromatic heterocycles. The van der Waals surface area contributed by atoms with Gasteiger partial charge in [0.1, 0.15) is 10.8 Å². The Hall–Kier alpha value is -2.66. The van der Waals surface area contributed by atoms with E-state index in [0.717, 1.165) is 21.6 Å². The number of nitrogens with zero attached hydrogens (tertiary/aromatic N) is 1. The van der Waals surface area contributed by atoms with Gasteiger partial charge in [-0.2, -0.15) is 0 Å². The van der Waals surface area contributed by atoms with Gasteiger partial charge in [0.2, 0.25) is 5.91 Å². The molecule has 0 radical (unpaired) electrons. The molecule has 0 aliphatic heterocycles. The molecular formula is C19H18N2O2S. The van der Waals surface area contributed by atoms with E-state index in [2.05, 4.69) is 10.3 Å². The maximum absolute atomic E-state index is 12.2. The van der Waals surface area contributed by atoms with Gasteiger partial charge in [-0.05, 0) is 36.8 Å². The lowest BCUT2D eigenvalue weighted by atomic mass is 10.3. The Morgan fingerprint density at radius 3 is 2.83 bits per heavy atom. The van der Waals surface area contributed by atoms with Gasteiger partial charge in [-0.25, -0.2) is 4.98 Å². The van der Waals surface area contributed by atoms with E-state index in [-0.39, 0.29) is 5.91 Å². The van der Waals surface area contributed by atoms with Gasteiger partial charge in [0.05, 0.1) is 22.5 Å². The molecule has 0 spiro atoms. The van der Waals surface area contributed by atoms with Crippen molar-refractivity contribution in [2.24, 2.45) is 0 Å². The lowest BCUT2D eigenvalue weighted by Crippen LogP contribution is -2.09. The number of para-hydroxylation sites is 3. The lowest BCUT2D eigenvalue weighted by Gasteiger charge is -2.10. The van der Waals surface area contributed by atoms with Crippen LogP contribution in [0.25, 0.3) is 16.3 Å². The van der Waals surface area contributed by atoms with E-state index >= 15 is 0 Å². The number of aromatic nitrogens is 1. The van der Waals surface area contributed by atoms with Gasteiger partial charge in [0.15, 0.2) is 0 Å². The summed E-state index contributed by atoms with van der Waals surface area (Å²) in [6.45, 7) is 2.66. The zero-order valence-electron chi connectivity index (χ0n) is 13.4. The highest BCUT2D eigenvalue weighted by Gasteiger charge is 2.06. The summed E-state index contributed by atoms with van der Waals surface area (Å²) in [5.41, 5.74) is 1.62. The first-order valence-electron chi connectivity index (χ1n) is 7.82. The van der Waals surface area contributed by atoms with Gasteiger partial charge in [-0.15, -0.1) is 11.3 Å². The molecule has 3 aromatic rings. The summed E-state index contributed by atoms with van der Waals surface area (Å²) in [4.78, 5) is 16.6. The van der Waals surface area contributed by atoms with Crippen molar-refractivity contribution in [3.8, 4) is 5.75 Å². The standard InChI is InChI=1S/C19H18N2O2S/c1-2-13-23-16-9-5-3-7-14(16)20-18(22)11-12-19-21-15-8-4-6-10-17(15)24-19/h3-12H,2,13H2,1H3,(H,20,22).